The van der Waals surface area contributed by atoms with Crippen molar-refractivity contribution < 1.29 is 24.3 Å². The number of carbonyl (C=O) groups excluding carboxylic acids is 2. The van der Waals surface area contributed by atoms with Crippen molar-refractivity contribution in [3.8, 4) is 5.75 Å². The van der Waals surface area contributed by atoms with E-state index in [1.54, 1.807) is 36.9 Å². The van der Waals surface area contributed by atoms with Crippen molar-refractivity contribution in [2.45, 2.75) is 44.8 Å². The molecule has 7 heteroatoms. The van der Waals surface area contributed by atoms with Crippen molar-refractivity contribution in [2.75, 3.05) is 12.4 Å². The summed E-state index contributed by atoms with van der Waals surface area (Å²) < 4.78 is 11.0. The maximum absolute atomic E-state index is 12.7. The maximum atomic E-state index is 12.7. The number of anilines is 1. The van der Waals surface area contributed by atoms with Gasteiger partial charge in [0.25, 0.3) is 5.91 Å². The Kier molecular flexibility index (Phi) is 9.68. The summed E-state index contributed by atoms with van der Waals surface area (Å²) in [4.78, 5) is 23.8. The van der Waals surface area contributed by atoms with Crippen molar-refractivity contribution in [3.63, 3.8) is 0 Å². The van der Waals surface area contributed by atoms with Crippen LogP contribution in [0.1, 0.15) is 37.7 Å². The first-order valence-corrected chi connectivity index (χ1v) is 9.65. The van der Waals surface area contributed by atoms with Gasteiger partial charge in [-0.1, -0.05) is 43.2 Å². The molecule has 1 unspecified atom stereocenters. The Morgan fingerprint density at radius 3 is 2.38 bits per heavy atom. The van der Waals surface area contributed by atoms with Gasteiger partial charge in [-0.25, -0.2) is 5.48 Å². The van der Waals surface area contributed by atoms with Gasteiger partial charge >= 0.3 is 0 Å². The van der Waals surface area contributed by atoms with E-state index in [4.69, 9.17) is 14.7 Å². The summed E-state index contributed by atoms with van der Waals surface area (Å²) >= 11 is 0. The minimum Gasteiger partial charge on any atom is -0.497 e. The van der Waals surface area contributed by atoms with Crippen LogP contribution in [0.15, 0.2) is 54.6 Å². The molecule has 0 saturated carbocycles. The largest absolute Gasteiger partial charge is 0.497 e. The van der Waals surface area contributed by atoms with Gasteiger partial charge in [-0.15, -0.1) is 0 Å². The highest BCUT2D eigenvalue weighted by atomic mass is 16.5. The highest BCUT2D eigenvalue weighted by molar-refractivity contribution is 5.94. The maximum Gasteiger partial charge on any atom is 0.253 e. The quantitative estimate of drug-likeness (QED) is 0.287. The molecule has 0 spiro atoms. The van der Waals surface area contributed by atoms with Gasteiger partial charge in [0.2, 0.25) is 5.91 Å². The second-order valence-electron chi connectivity index (χ2n) is 6.64. The molecule has 0 heterocycles. The summed E-state index contributed by atoms with van der Waals surface area (Å²) in [7, 11) is 1.59. The van der Waals surface area contributed by atoms with Crippen LogP contribution in [0.4, 0.5) is 5.69 Å². The molecule has 0 aromatic heterocycles. The van der Waals surface area contributed by atoms with Gasteiger partial charge in [-0.3, -0.25) is 14.8 Å². The molecule has 156 valence electrons. The zero-order valence-electron chi connectivity index (χ0n) is 16.6. The van der Waals surface area contributed by atoms with E-state index in [0.717, 1.165) is 18.4 Å². The van der Waals surface area contributed by atoms with E-state index in [1.165, 1.54) is 0 Å². The summed E-state index contributed by atoms with van der Waals surface area (Å²) in [6, 6.07) is 16.8. The molecule has 0 saturated heterocycles. The molecular formula is C22H28N2O5. The molecule has 2 rings (SSSR count). The number of hydrogen-bond acceptors (Lipinski definition) is 5. The second-order valence-corrected chi connectivity index (χ2v) is 6.64. The highest BCUT2D eigenvalue weighted by Gasteiger charge is 2.19. The number of amides is 2. The number of ether oxygens (including phenoxy) is 2. The SMILES string of the molecule is COc1ccc(NC(=O)C(CCCCCC(=O)NO)OCc2ccccc2)cc1. The van der Waals surface area contributed by atoms with E-state index in [1.807, 2.05) is 30.3 Å². The minimum atomic E-state index is -0.607. The summed E-state index contributed by atoms with van der Waals surface area (Å²) in [6.07, 6.45) is 2.31. The zero-order valence-corrected chi connectivity index (χ0v) is 16.6. The van der Waals surface area contributed by atoms with Crippen LogP contribution in [0, 0.1) is 0 Å². The van der Waals surface area contributed by atoms with Crippen molar-refractivity contribution in [3.05, 3.63) is 60.2 Å². The molecule has 0 bridgehead atoms. The Bertz CT molecular complexity index is 750. The Labute approximate surface area is 171 Å². The molecule has 2 aromatic carbocycles. The molecule has 2 amide bonds. The number of nitrogens with one attached hydrogen (secondary N) is 2. The third kappa shape index (κ3) is 8.33. The predicted octanol–water partition coefficient (Wildman–Crippen LogP) is 3.68. The first-order valence-electron chi connectivity index (χ1n) is 9.65. The number of unbranched alkanes of at least 4 members (excludes halogenated alkanes) is 2. The Morgan fingerprint density at radius 1 is 1.00 bits per heavy atom. The van der Waals surface area contributed by atoms with Crippen molar-refractivity contribution in [2.24, 2.45) is 0 Å². The molecule has 0 aliphatic carbocycles. The van der Waals surface area contributed by atoms with Gasteiger partial charge in [0.05, 0.1) is 13.7 Å². The predicted molar refractivity (Wildman–Crippen MR) is 110 cm³/mol. The Balaban J connectivity index is 1.90. The van der Waals surface area contributed by atoms with Crippen molar-refractivity contribution >= 4 is 17.5 Å². The first-order chi connectivity index (χ1) is 14.1. The third-order valence-electron chi connectivity index (χ3n) is 4.44. The van der Waals surface area contributed by atoms with E-state index in [9.17, 15) is 9.59 Å². The lowest BCUT2D eigenvalue weighted by molar-refractivity contribution is -0.130. The van der Waals surface area contributed by atoms with Crippen LogP contribution in [0.2, 0.25) is 0 Å². The summed E-state index contributed by atoms with van der Waals surface area (Å²) in [5, 5.41) is 11.4. The van der Waals surface area contributed by atoms with Gasteiger partial charge in [-0.2, -0.15) is 0 Å². The Morgan fingerprint density at radius 2 is 1.72 bits per heavy atom. The summed E-state index contributed by atoms with van der Waals surface area (Å²) in [5.74, 6) is 0.102. The summed E-state index contributed by atoms with van der Waals surface area (Å²) in [5.41, 5.74) is 3.29. The fourth-order valence-corrected chi connectivity index (χ4v) is 2.81. The fraction of sp³-hybridized carbons (Fsp3) is 0.364. The average molecular weight is 400 g/mol. The van der Waals surface area contributed by atoms with Gasteiger partial charge in [0.15, 0.2) is 0 Å². The number of hydroxylamine groups is 1. The van der Waals surface area contributed by atoms with Crippen LogP contribution in [0.3, 0.4) is 0 Å². The smallest absolute Gasteiger partial charge is 0.253 e. The summed E-state index contributed by atoms with van der Waals surface area (Å²) in [6.45, 7) is 0.342. The molecule has 0 fully saturated rings. The third-order valence-corrected chi connectivity index (χ3v) is 4.44. The van der Waals surface area contributed by atoms with Crippen LogP contribution >= 0.6 is 0 Å². The van der Waals surface area contributed by atoms with E-state index in [2.05, 4.69) is 5.32 Å². The molecular weight excluding hydrogens is 372 g/mol. The van der Waals surface area contributed by atoms with E-state index in [-0.39, 0.29) is 12.3 Å². The van der Waals surface area contributed by atoms with Crippen LogP contribution in [-0.4, -0.2) is 30.2 Å². The van der Waals surface area contributed by atoms with Gasteiger partial charge in [0, 0.05) is 12.1 Å². The van der Waals surface area contributed by atoms with Crippen LogP contribution in [-0.2, 0) is 20.9 Å². The van der Waals surface area contributed by atoms with Crippen LogP contribution < -0.4 is 15.5 Å². The standard InChI is InChI=1S/C22H28N2O5/c1-28-19-14-12-18(13-15-19)23-22(26)20(10-6-3-7-11-21(25)24-27)29-16-17-8-4-2-5-9-17/h2,4-5,8-9,12-15,20,27H,3,6-7,10-11,16H2,1H3,(H,23,26)(H,24,25). The molecule has 0 radical (unpaired) electrons. The van der Waals surface area contributed by atoms with Gasteiger partial charge < -0.3 is 14.8 Å². The topological polar surface area (TPSA) is 96.9 Å². The molecule has 2 aromatic rings. The second kappa shape index (κ2) is 12.5. The minimum absolute atomic E-state index is 0.209. The molecule has 7 nitrogen and oxygen atoms in total. The van der Waals surface area contributed by atoms with Gasteiger partial charge in [0.1, 0.15) is 11.9 Å². The molecule has 1 atom stereocenters. The number of methoxy groups -OCH3 is 1. The molecule has 0 aliphatic heterocycles. The fourth-order valence-electron chi connectivity index (χ4n) is 2.81. The Hall–Kier alpha value is -2.90. The monoisotopic (exact) mass is 400 g/mol. The van der Waals surface area contributed by atoms with Crippen LogP contribution in [0.25, 0.3) is 0 Å². The number of carbonyl (C=O) groups is 2. The zero-order chi connectivity index (χ0) is 20.9. The van der Waals surface area contributed by atoms with Crippen molar-refractivity contribution in [1.29, 1.82) is 0 Å². The first kappa shape index (κ1) is 22.4. The number of rotatable bonds is 12. The lowest BCUT2D eigenvalue weighted by Crippen LogP contribution is -2.30. The lowest BCUT2D eigenvalue weighted by Gasteiger charge is -2.18. The molecule has 0 aliphatic rings. The van der Waals surface area contributed by atoms with Crippen molar-refractivity contribution in [1.82, 2.24) is 5.48 Å². The molecule has 3 N–H and O–H groups in total. The highest BCUT2D eigenvalue weighted by Crippen LogP contribution is 2.17. The molecule has 29 heavy (non-hydrogen) atoms. The van der Waals surface area contributed by atoms with Crippen LogP contribution in [0.5, 0.6) is 5.75 Å². The lowest BCUT2D eigenvalue weighted by atomic mass is 10.1. The van der Waals surface area contributed by atoms with E-state index in [0.29, 0.717) is 30.9 Å². The van der Waals surface area contributed by atoms with Gasteiger partial charge in [-0.05, 0) is 42.7 Å². The average Bonchev–Trinajstić information content (AvgIpc) is 2.76. The number of benzene rings is 2. The van der Waals surface area contributed by atoms with E-state index >= 15 is 0 Å². The number of hydrogen-bond donors (Lipinski definition) is 3. The van der Waals surface area contributed by atoms with E-state index < -0.39 is 12.0 Å². The normalized spacial score (nSPS) is 11.5.